The van der Waals surface area contributed by atoms with Crippen LogP contribution in [0, 0.1) is 0 Å². The SMILES string of the molecule is C=C/C=C(F)\C(=C/C)CN(C)C. The number of likely N-dealkylation sites (N-methyl/N-ethyl adjacent to an activating group) is 1. The summed E-state index contributed by atoms with van der Waals surface area (Å²) >= 11 is 0. The van der Waals surface area contributed by atoms with Gasteiger partial charge in [0, 0.05) is 6.54 Å². The molecule has 0 atom stereocenters. The van der Waals surface area contributed by atoms with Gasteiger partial charge in [-0.2, -0.15) is 0 Å². The molecule has 0 amide bonds. The molecule has 0 saturated heterocycles. The van der Waals surface area contributed by atoms with Gasteiger partial charge in [-0.25, -0.2) is 4.39 Å². The molecule has 0 bridgehead atoms. The normalized spacial score (nSPS) is 13.8. The van der Waals surface area contributed by atoms with Crippen LogP contribution < -0.4 is 0 Å². The molecule has 2 heteroatoms. The number of allylic oxidation sites excluding steroid dienone is 3. The summed E-state index contributed by atoms with van der Waals surface area (Å²) in [5.41, 5.74) is 0.694. The first-order chi connectivity index (χ1) is 5.61. The molecule has 0 N–H and O–H groups in total. The zero-order valence-corrected chi connectivity index (χ0v) is 7.97. The monoisotopic (exact) mass is 169 g/mol. The van der Waals surface area contributed by atoms with Crippen molar-refractivity contribution in [1.82, 2.24) is 4.90 Å². The van der Waals surface area contributed by atoms with E-state index in [1.807, 2.05) is 25.9 Å². The third-order valence-corrected chi connectivity index (χ3v) is 1.41. The maximum absolute atomic E-state index is 13.1. The molecule has 68 valence electrons. The van der Waals surface area contributed by atoms with Gasteiger partial charge in [0.1, 0.15) is 5.83 Å². The van der Waals surface area contributed by atoms with E-state index in [1.54, 1.807) is 6.08 Å². The van der Waals surface area contributed by atoms with Crippen LogP contribution >= 0.6 is 0 Å². The van der Waals surface area contributed by atoms with Crippen LogP contribution in [0.25, 0.3) is 0 Å². The smallest absolute Gasteiger partial charge is 0.127 e. The summed E-state index contributed by atoms with van der Waals surface area (Å²) in [6.07, 6.45) is 4.60. The highest BCUT2D eigenvalue weighted by molar-refractivity contribution is 5.28. The molecule has 12 heavy (non-hydrogen) atoms. The molecule has 0 aliphatic rings. The maximum Gasteiger partial charge on any atom is 0.127 e. The molecule has 0 fully saturated rings. The Labute approximate surface area is 73.9 Å². The van der Waals surface area contributed by atoms with Crippen molar-refractivity contribution < 1.29 is 4.39 Å². The molecule has 0 aromatic heterocycles. The topological polar surface area (TPSA) is 3.24 Å². The number of hydrogen-bond donors (Lipinski definition) is 0. The Morgan fingerprint density at radius 1 is 1.50 bits per heavy atom. The Balaban J connectivity index is 4.37. The van der Waals surface area contributed by atoms with Crippen LogP contribution in [0.4, 0.5) is 4.39 Å². The summed E-state index contributed by atoms with van der Waals surface area (Å²) in [7, 11) is 3.81. The molecule has 0 aliphatic heterocycles. The standard InChI is InChI=1S/C10H16FN/c1-5-7-10(11)9(6-2)8-12(3)4/h5-7H,1,8H2,2-4H3/b9-6-,10-7+. The summed E-state index contributed by atoms with van der Waals surface area (Å²) < 4.78 is 13.1. The van der Waals surface area contributed by atoms with E-state index in [-0.39, 0.29) is 5.83 Å². The molecule has 0 aromatic carbocycles. The fourth-order valence-corrected chi connectivity index (χ4v) is 0.856. The fourth-order valence-electron chi connectivity index (χ4n) is 0.856. The summed E-state index contributed by atoms with van der Waals surface area (Å²) in [6, 6.07) is 0. The van der Waals surface area contributed by atoms with Gasteiger partial charge in [0.25, 0.3) is 0 Å². The average Bonchev–Trinajstić information content (AvgIpc) is 2.00. The minimum absolute atomic E-state index is 0.207. The quantitative estimate of drug-likeness (QED) is 0.584. The molecule has 0 rings (SSSR count). The van der Waals surface area contributed by atoms with Crippen molar-refractivity contribution in [1.29, 1.82) is 0 Å². The second-order valence-corrected chi connectivity index (χ2v) is 2.80. The van der Waals surface area contributed by atoms with Gasteiger partial charge in [-0.1, -0.05) is 18.7 Å². The van der Waals surface area contributed by atoms with Crippen molar-refractivity contribution >= 4 is 0 Å². The second-order valence-electron chi connectivity index (χ2n) is 2.80. The van der Waals surface area contributed by atoms with Gasteiger partial charge >= 0.3 is 0 Å². The number of hydrogen-bond acceptors (Lipinski definition) is 1. The average molecular weight is 169 g/mol. The lowest BCUT2D eigenvalue weighted by Gasteiger charge is -2.11. The van der Waals surface area contributed by atoms with Crippen LogP contribution in [0.3, 0.4) is 0 Å². The van der Waals surface area contributed by atoms with E-state index in [0.717, 1.165) is 0 Å². The van der Waals surface area contributed by atoms with E-state index in [2.05, 4.69) is 6.58 Å². The van der Waals surface area contributed by atoms with Crippen LogP contribution in [0.5, 0.6) is 0 Å². The number of rotatable bonds is 4. The molecular weight excluding hydrogens is 153 g/mol. The van der Waals surface area contributed by atoms with Crippen molar-refractivity contribution in [2.45, 2.75) is 6.92 Å². The molecule has 0 unspecified atom stereocenters. The van der Waals surface area contributed by atoms with Crippen LogP contribution in [0.15, 0.2) is 36.2 Å². The fraction of sp³-hybridized carbons (Fsp3) is 0.400. The van der Waals surface area contributed by atoms with Gasteiger partial charge in [0.15, 0.2) is 0 Å². The van der Waals surface area contributed by atoms with E-state index in [4.69, 9.17) is 0 Å². The Bertz CT molecular complexity index is 202. The lowest BCUT2D eigenvalue weighted by molar-refractivity contribution is 0.437. The summed E-state index contributed by atoms with van der Waals surface area (Å²) in [6.45, 7) is 5.89. The highest BCUT2D eigenvalue weighted by atomic mass is 19.1. The third-order valence-electron chi connectivity index (χ3n) is 1.41. The van der Waals surface area contributed by atoms with Crippen molar-refractivity contribution in [3.63, 3.8) is 0 Å². The number of nitrogens with zero attached hydrogens (tertiary/aromatic N) is 1. The van der Waals surface area contributed by atoms with Gasteiger partial charge in [-0.15, -0.1) is 0 Å². The first kappa shape index (κ1) is 11.1. The first-order valence-electron chi connectivity index (χ1n) is 3.90. The Morgan fingerprint density at radius 3 is 2.42 bits per heavy atom. The highest BCUT2D eigenvalue weighted by Gasteiger charge is 2.02. The van der Waals surface area contributed by atoms with Crippen molar-refractivity contribution in [2.75, 3.05) is 20.6 Å². The van der Waals surface area contributed by atoms with E-state index in [9.17, 15) is 4.39 Å². The molecule has 0 spiro atoms. The van der Waals surface area contributed by atoms with Crippen molar-refractivity contribution in [3.8, 4) is 0 Å². The van der Waals surface area contributed by atoms with E-state index in [0.29, 0.717) is 12.1 Å². The first-order valence-corrected chi connectivity index (χ1v) is 3.90. The second kappa shape index (κ2) is 5.72. The Kier molecular flexibility index (Phi) is 5.30. The van der Waals surface area contributed by atoms with E-state index in [1.165, 1.54) is 12.2 Å². The van der Waals surface area contributed by atoms with Crippen LogP contribution in [0.1, 0.15) is 6.92 Å². The van der Waals surface area contributed by atoms with Crippen molar-refractivity contribution in [3.05, 3.63) is 36.2 Å². The van der Waals surface area contributed by atoms with Crippen LogP contribution in [0.2, 0.25) is 0 Å². The molecule has 0 aromatic rings. The molecule has 0 radical (unpaired) electrons. The van der Waals surface area contributed by atoms with Crippen LogP contribution in [-0.2, 0) is 0 Å². The minimum Gasteiger partial charge on any atom is -0.305 e. The van der Waals surface area contributed by atoms with Gasteiger partial charge in [0.2, 0.25) is 0 Å². The largest absolute Gasteiger partial charge is 0.305 e. The zero-order valence-electron chi connectivity index (χ0n) is 7.97. The zero-order chi connectivity index (χ0) is 9.56. The molecule has 0 saturated carbocycles. The molecule has 1 nitrogen and oxygen atoms in total. The molecular formula is C10H16FN. The minimum atomic E-state index is -0.207. The summed E-state index contributed by atoms with van der Waals surface area (Å²) in [4.78, 5) is 1.92. The van der Waals surface area contributed by atoms with E-state index < -0.39 is 0 Å². The van der Waals surface area contributed by atoms with Gasteiger partial charge in [0.05, 0.1) is 0 Å². The predicted molar refractivity (Wildman–Crippen MR) is 51.7 cm³/mol. The molecule has 0 aliphatic carbocycles. The summed E-state index contributed by atoms with van der Waals surface area (Å²) in [5, 5.41) is 0. The Hall–Kier alpha value is -0.890. The summed E-state index contributed by atoms with van der Waals surface area (Å²) in [5.74, 6) is -0.207. The van der Waals surface area contributed by atoms with Gasteiger partial charge in [-0.05, 0) is 32.7 Å². The van der Waals surface area contributed by atoms with Gasteiger partial charge in [-0.3, -0.25) is 0 Å². The third kappa shape index (κ3) is 4.09. The van der Waals surface area contributed by atoms with Crippen molar-refractivity contribution in [2.24, 2.45) is 0 Å². The van der Waals surface area contributed by atoms with Gasteiger partial charge < -0.3 is 4.90 Å². The Morgan fingerprint density at radius 2 is 2.08 bits per heavy atom. The predicted octanol–water partition coefficient (Wildman–Crippen LogP) is 2.53. The molecule has 0 heterocycles. The maximum atomic E-state index is 13.1. The lowest BCUT2D eigenvalue weighted by Crippen LogP contribution is -2.15. The van der Waals surface area contributed by atoms with E-state index >= 15 is 0 Å². The van der Waals surface area contributed by atoms with Crippen LogP contribution in [-0.4, -0.2) is 25.5 Å². The lowest BCUT2D eigenvalue weighted by atomic mass is 10.2. The number of halogens is 1. The highest BCUT2D eigenvalue weighted by Crippen LogP contribution is 2.11.